The van der Waals surface area contributed by atoms with Crippen molar-refractivity contribution in [3.8, 4) is 17.2 Å². The van der Waals surface area contributed by atoms with Crippen LogP contribution in [0.2, 0.25) is 19.6 Å². The van der Waals surface area contributed by atoms with Crippen molar-refractivity contribution in [1.29, 1.82) is 0 Å². The van der Waals surface area contributed by atoms with E-state index >= 15 is 0 Å². The molecule has 2 heteroatoms. The maximum absolute atomic E-state index is 10.3. The number of unbranched alkanes of at least 4 members (excludes halogenated alkanes) is 3. The normalized spacial score (nSPS) is 10.9. The summed E-state index contributed by atoms with van der Waals surface area (Å²) >= 11 is 0. The fraction of sp³-hybridized carbons (Fsp3) is 0.529. The third-order valence-corrected chi connectivity index (χ3v) is 3.87. The second kappa shape index (κ2) is 7.40. The fourth-order valence-corrected chi connectivity index (χ4v) is 2.40. The number of phenolic OH excluding ortho intramolecular Hbond substituents is 1. The minimum atomic E-state index is -1.39. The molecule has 0 spiro atoms. The molecule has 0 amide bonds. The van der Waals surface area contributed by atoms with Crippen molar-refractivity contribution in [2.75, 3.05) is 0 Å². The van der Waals surface area contributed by atoms with Crippen LogP contribution in [0.15, 0.2) is 18.2 Å². The molecule has 0 aliphatic rings. The number of aromatic hydroxyl groups is 1. The smallest absolute Gasteiger partial charge is 0.134 e. The van der Waals surface area contributed by atoms with Gasteiger partial charge in [-0.15, -0.1) is 5.54 Å². The molecule has 1 nitrogen and oxygen atoms in total. The van der Waals surface area contributed by atoms with E-state index in [1.165, 1.54) is 19.3 Å². The third kappa shape index (κ3) is 5.98. The Labute approximate surface area is 119 Å². The van der Waals surface area contributed by atoms with Gasteiger partial charge in [0.2, 0.25) is 0 Å². The Kier molecular flexibility index (Phi) is 6.18. The largest absolute Gasteiger partial charge is 0.506 e. The lowest BCUT2D eigenvalue weighted by Crippen LogP contribution is -2.16. The van der Waals surface area contributed by atoms with Crippen molar-refractivity contribution in [3.05, 3.63) is 29.3 Å². The van der Waals surface area contributed by atoms with Crippen LogP contribution in [0.5, 0.6) is 5.75 Å². The second-order valence-electron chi connectivity index (χ2n) is 6.12. The molecule has 0 unspecified atom stereocenters. The number of rotatable bonds is 5. The van der Waals surface area contributed by atoms with Gasteiger partial charge in [-0.1, -0.05) is 63.9 Å². The van der Waals surface area contributed by atoms with E-state index in [9.17, 15) is 5.11 Å². The maximum atomic E-state index is 10.3. The van der Waals surface area contributed by atoms with Gasteiger partial charge in [0.05, 0.1) is 5.56 Å². The van der Waals surface area contributed by atoms with Gasteiger partial charge in [-0.05, 0) is 24.5 Å². The molecule has 19 heavy (non-hydrogen) atoms. The predicted octanol–water partition coefficient (Wildman–Crippen LogP) is 4.74. The molecule has 0 fully saturated rings. The zero-order valence-electron chi connectivity index (χ0n) is 12.7. The minimum absolute atomic E-state index is 0.393. The average Bonchev–Trinajstić information content (AvgIpc) is 2.34. The molecule has 1 rings (SSSR count). The van der Waals surface area contributed by atoms with E-state index in [0.29, 0.717) is 5.75 Å². The Hall–Kier alpha value is -1.20. The molecular formula is C17H26OSi. The maximum Gasteiger partial charge on any atom is 0.134 e. The first-order valence-corrected chi connectivity index (χ1v) is 10.8. The van der Waals surface area contributed by atoms with Crippen LogP contribution in [0.4, 0.5) is 0 Å². The molecule has 1 N–H and O–H groups in total. The van der Waals surface area contributed by atoms with Gasteiger partial charge >= 0.3 is 0 Å². The van der Waals surface area contributed by atoms with Crippen LogP contribution in [0, 0.1) is 11.5 Å². The van der Waals surface area contributed by atoms with E-state index in [4.69, 9.17) is 0 Å². The van der Waals surface area contributed by atoms with Gasteiger partial charge in [0.25, 0.3) is 0 Å². The highest BCUT2D eigenvalue weighted by molar-refractivity contribution is 6.83. The predicted molar refractivity (Wildman–Crippen MR) is 86.2 cm³/mol. The van der Waals surface area contributed by atoms with Crippen LogP contribution in [-0.2, 0) is 6.42 Å². The molecule has 0 atom stereocenters. The van der Waals surface area contributed by atoms with Crippen LogP contribution in [0.3, 0.4) is 0 Å². The molecule has 0 saturated carbocycles. The van der Waals surface area contributed by atoms with E-state index in [2.05, 4.69) is 38.0 Å². The lowest BCUT2D eigenvalue weighted by Gasteiger charge is -2.07. The molecule has 0 radical (unpaired) electrons. The van der Waals surface area contributed by atoms with Gasteiger partial charge in [0, 0.05) is 0 Å². The van der Waals surface area contributed by atoms with Crippen molar-refractivity contribution in [2.45, 2.75) is 58.7 Å². The Morgan fingerprint density at radius 3 is 2.47 bits per heavy atom. The number of phenols is 1. The lowest BCUT2D eigenvalue weighted by atomic mass is 10.0. The quantitative estimate of drug-likeness (QED) is 0.467. The summed E-state index contributed by atoms with van der Waals surface area (Å²) in [5.41, 5.74) is 5.14. The highest BCUT2D eigenvalue weighted by atomic mass is 28.3. The Morgan fingerprint density at radius 2 is 1.84 bits per heavy atom. The van der Waals surface area contributed by atoms with E-state index in [0.717, 1.165) is 24.0 Å². The highest BCUT2D eigenvalue weighted by Gasteiger charge is 2.09. The zero-order chi connectivity index (χ0) is 14.3. The zero-order valence-corrected chi connectivity index (χ0v) is 13.7. The molecular weight excluding hydrogens is 248 g/mol. The number of aryl methyl sites for hydroxylation is 1. The minimum Gasteiger partial charge on any atom is -0.506 e. The lowest BCUT2D eigenvalue weighted by molar-refractivity contribution is 0.464. The monoisotopic (exact) mass is 274 g/mol. The SMILES string of the molecule is CCCCCCc1cccc(C#C[Si](C)(C)C)c1O. The molecule has 1 aromatic rings. The molecule has 1 aromatic carbocycles. The van der Waals surface area contributed by atoms with Crippen molar-refractivity contribution in [2.24, 2.45) is 0 Å². The van der Waals surface area contributed by atoms with Crippen molar-refractivity contribution in [3.63, 3.8) is 0 Å². The summed E-state index contributed by atoms with van der Waals surface area (Å²) in [4.78, 5) is 0. The Balaban J connectivity index is 2.77. The molecule has 0 bridgehead atoms. The van der Waals surface area contributed by atoms with E-state index < -0.39 is 8.07 Å². The number of hydrogen-bond acceptors (Lipinski definition) is 1. The second-order valence-corrected chi connectivity index (χ2v) is 10.9. The summed E-state index contributed by atoms with van der Waals surface area (Å²) in [7, 11) is -1.39. The van der Waals surface area contributed by atoms with Gasteiger partial charge < -0.3 is 5.11 Å². The first-order chi connectivity index (χ1) is 8.94. The summed E-state index contributed by atoms with van der Waals surface area (Å²) in [5, 5.41) is 10.3. The first-order valence-electron chi connectivity index (χ1n) is 7.28. The number of benzene rings is 1. The van der Waals surface area contributed by atoms with E-state index in [1.54, 1.807) is 0 Å². The molecule has 0 aliphatic carbocycles. The van der Waals surface area contributed by atoms with Crippen LogP contribution < -0.4 is 0 Å². The Bertz CT molecular complexity index is 460. The number of hydrogen-bond donors (Lipinski definition) is 1. The molecule has 0 saturated heterocycles. The fourth-order valence-electron chi connectivity index (χ4n) is 1.89. The first kappa shape index (κ1) is 15.9. The standard InChI is InChI=1S/C17H26OSi/c1-5-6-7-8-10-15-11-9-12-16(17(15)18)13-14-19(2,3)4/h9,11-12,18H,5-8,10H2,1-4H3. The van der Waals surface area contributed by atoms with Crippen LogP contribution in [0.1, 0.15) is 43.7 Å². The van der Waals surface area contributed by atoms with Gasteiger partial charge in [-0.3, -0.25) is 0 Å². The summed E-state index contributed by atoms with van der Waals surface area (Å²) in [6, 6.07) is 5.93. The Morgan fingerprint density at radius 1 is 1.11 bits per heavy atom. The number of para-hydroxylation sites is 1. The van der Waals surface area contributed by atoms with Gasteiger partial charge in [-0.2, -0.15) is 0 Å². The van der Waals surface area contributed by atoms with E-state index in [-0.39, 0.29) is 0 Å². The summed E-state index contributed by atoms with van der Waals surface area (Å²) in [6.45, 7) is 8.85. The van der Waals surface area contributed by atoms with Gasteiger partial charge in [0.15, 0.2) is 0 Å². The van der Waals surface area contributed by atoms with Gasteiger partial charge in [0.1, 0.15) is 13.8 Å². The highest BCUT2D eigenvalue weighted by Crippen LogP contribution is 2.23. The van der Waals surface area contributed by atoms with Crippen LogP contribution in [-0.4, -0.2) is 13.2 Å². The molecule has 0 aromatic heterocycles. The molecule has 0 aliphatic heterocycles. The summed E-state index contributed by atoms with van der Waals surface area (Å²) in [5.74, 6) is 3.55. The van der Waals surface area contributed by atoms with Crippen molar-refractivity contribution < 1.29 is 5.11 Å². The van der Waals surface area contributed by atoms with Crippen LogP contribution in [0.25, 0.3) is 0 Å². The third-order valence-electron chi connectivity index (χ3n) is 2.99. The topological polar surface area (TPSA) is 20.2 Å². The van der Waals surface area contributed by atoms with Crippen LogP contribution >= 0.6 is 0 Å². The summed E-state index contributed by atoms with van der Waals surface area (Å²) in [6.07, 6.45) is 5.85. The van der Waals surface area contributed by atoms with Crippen molar-refractivity contribution in [1.82, 2.24) is 0 Å². The van der Waals surface area contributed by atoms with E-state index in [1.807, 2.05) is 18.2 Å². The molecule has 0 heterocycles. The summed E-state index contributed by atoms with van der Waals surface area (Å²) < 4.78 is 0. The van der Waals surface area contributed by atoms with Crippen molar-refractivity contribution >= 4 is 8.07 Å². The van der Waals surface area contributed by atoms with Gasteiger partial charge in [-0.25, -0.2) is 0 Å². The average molecular weight is 274 g/mol. The molecule has 104 valence electrons.